The number of fused-ring (bicyclic) bond motifs is 4. The molecule has 0 saturated carbocycles. The molecular weight excluding hydrogens is 1750 g/mol. The Bertz CT molecular complexity index is 5260. The number of aromatic nitrogens is 16. The van der Waals surface area contributed by atoms with Crippen LogP contribution in [0.4, 0.5) is 41.2 Å². The number of nitrogen functional groups attached to an aromatic ring is 2. The molecule has 0 saturated heterocycles. The first kappa shape index (κ1) is 87.5. The van der Waals surface area contributed by atoms with Crippen molar-refractivity contribution in [2.45, 2.75) is 136 Å². The van der Waals surface area contributed by atoms with Crippen molar-refractivity contribution in [1.82, 2.24) is 78.8 Å². The van der Waals surface area contributed by atoms with Crippen LogP contribution in [0.2, 0.25) is 5.15 Å². The van der Waals surface area contributed by atoms with Gasteiger partial charge in [-0.2, -0.15) is 34.5 Å². The zero-order valence-electron chi connectivity index (χ0n) is 61.7. The zero-order chi connectivity index (χ0) is 80.2. The molecule has 574 valence electrons. The van der Waals surface area contributed by atoms with Crippen molar-refractivity contribution in [3.8, 4) is 0 Å². The molecule has 0 spiro atoms. The maximum Gasteiger partial charge on any atom is 0.416 e. The minimum atomic E-state index is -0.667. The number of nitrogens with two attached hydrogens (primary N) is 3. The van der Waals surface area contributed by atoms with Gasteiger partial charge in [-0.05, 0) is 243 Å². The van der Waals surface area contributed by atoms with Crippen LogP contribution in [-0.4, -0.2) is 109 Å². The quantitative estimate of drug-likeness (QED) is 0.0380. The fraction of sp³-hybridized carbons (Fsp3) is 0.292. The van der Waals surface area contributed by atoms with Crippen molar-refractivity contribution in [2.24, 2.45) is 5.73 Å². The largest absolute Gasteiger partial charge is 0.466 e. The number of ether oxygens (including phenoxy) is 2. The Hall–Kier alpha value is -9.39. The van der Waals surface area contributed by atoms with Gasteiger partial charge in [-0.3, -0.25) is 34.6 Å². The monoisotopic (exact) mass is 1820 g/mol. The van der Waals surface area contributed by atoms with E-state index in [0.29, 0.717) is 53.6 Å². The van der Waals surface area contributed by atoms with Crippen LogP contribution in [0.1, 0.15) is 115 Å². The van der Waals surface area contributed by atoms with Gasteiger partial charge in [0.05, 0.1) is 52.6 Å². The maximum atomic E-state index is 13.3. The lowest BCUT2D eigenvalue weighted by atomic mass is 10.2. The number of carbonyl (C=O) groups is 3. The number of aromatic amines is 3. The van der Waals surface area contributed by atoms with Crippen LogP contribution in [0.15, 0.2) is 130 Å². The number of amides is 1. The Morgan fingerprint density at radius 2 is 1.06 bits per heavy atom. The number of rotatable bonds is 10. The third-order valence-corrected chi connectivity index (χ3v) is 19.3. The summed E-state index contributed by atoms with van der Waals surface area (Å²) in [5.74, 6) is 1.07. The second kappa shape index (κ2) is 40.2. The smallest absolute Gasteiger partial charge is 0.416 e. The van der Waals surface area contributed by atoms with Gasteiger partial charge in [0.1, 0.15) is 57.9 Å². The van der Waals surface area contributed by atoms with Gasteiger partial charge in [0.2, 0.25) is 0 Å². The molecule has 10 heterocycles. The Kier molecular flexibility index (Phi) is 32.5. The first-order chi connectivity index (χ1) is 50.8. The SMILES string of the molecule is CCOC(=O)CC(C)=O.Cc1[nH]nc(N)c1Br.Cc1cc(=O)n2[nH]c(C)c(Br)c2n1.Cc1cc(Cl)n2nc(C)c(Br)c2n1.Cc1cc(N(Cc2ccc(F)cc2)C(=O)OC(C)(C)C)n2nc(C)c(Br)c2n1.Cc1cc(N)n[nH]1.Cc1cc(NCc2ccc(F)cc2)n2nc(C)c(Br)c2n1.NCc1ccc(F)cc1. The van der Waals surface area contributed by atoms with Crippen LogP contribution in [0.3, 0.4) is 0 Å². The summed E-state index contributed by atoms with van der Waals surface area (Å²) in [5, 5.41) is 32.8. The summed E-state index contributed by atoms with van der Waals surface area (Å²) in [7, 11) is 0. The number of nitrogens with zero attached hydrogens (tertiary/aromatic N) is 14. The number of hydrogen-bond acceptors (Lipinski definition) is 19. The Balaban J connectivity index is 0.000000203. The van der Waals surface area contributed by atoms with Crippen LogP contribution in [-0.2, 0) is 38.7 Å². The third-order valence-electron chi connectivity index (χ3n) is 14.3. The number of carbonyl (C=O) groups excluding carboxylic acids is 3. The van der Waals surface area contributed by atoms with E-state index in [-0.39, 0.29) is 41.8 Å². The molecule has 0 fully saturated rings. The molecule has 13 aromatic rings. The lowest BCUT2D eigenvalue weighted by Crippen LogP contribution is -2.37. The summed E-state index contributed by atoms with van der Waals surface area (Å²) in [6, 6.07) is 27.4. The number of nitrogens with one attached hydrogen (secondary N) is 4. The second-order valence-electron chi connectivity index (χ2n) is 24.8. The minimum Gasteiger partial charge on any atom is -0.466 e. The van der Waals surface area contributed by atoms with E-state index in [2.05, 4.69) is 150 Å². The number of hydrogen-bond donors (Lipinski definition) is 7. The standard InChI is InChI=1S/C20H22BrFN4O2.C15H14BrFN4.C8H7BrClN3.C8H8BrN3O.C7H8FN.C6H10O3.C4H6BrN3.C4H7N3/c1-12-10-16(26-18(23-12)17(21)13(2)24-26)25(19(27)28-20(3,4)5)11-14-6-8-15(22)9-7-14;1-9-7-13(18-8-11-3-5-12(17)6-4-11)21-15(19-9)14(16)10(2)20-21;1-4-3-6(10)13-8(11-4)7(9)5(2)12-13;1-4-3-6(13)12-8(10-4)7(9)5(2)11-12;8-7-3-1-6(5-9)2-4-7;1-3-9-6(8)4-5(2)7;1-2-3(5)4(6)8-7-2;1-3-2-4(5)7-6-3/h6-10H,11H2,1-5H3;3-7,18H,8H2,1-2H3;3H,1-2H3;3,11H,1-2H3;1-4H,5,9H2;3-4H2,1-2H3;1H3,(H3,6,7,8);2H,1H3,(H3,5,6,7). The van der Waals surface area contributed by atoms with E-state index >= 15 is 0 Å². The molecule has 3 aromatic carbocycles. The van der Waals surface area contributed by atoms with Crippen molar-refractivity contribution < 1.29 is 37.0 Å². The van der Waals surface area contributed by atoms with E-state index in [4.69, 9.17) is 33.5 Å². The minimum absolute atomic E-state index is 0.0868. The van der Waals surface area contributed by atoms with Crippen molar-refractivity contribution in [3.05, 3.63) is 232 Å². The first-order valence-electron chi connectivity index (χ1n) is 32.8. The van der Waals surface area contributed by atoms with Crippen molar-refractivity contribution in [1.29, 1.82) is 0 Å². The normalized spacial score (nSPS) is 10.7. The van der Waals surface area contributed by atoms with E-state index in [1.165, 1.54) is 58.8 Å². The topological polar surface area (TPSA) is 361 Å². The number of Topliss-reactive ketones (excluding diaryl/α,β-unsaturated/α-hetero) is 1. The number of halogens is 9. The fourth-order valence-corrected chi connectivity index (χ4v) is 11.0. The molecular formula is C72H82Br5ClF3N21O6. The summed E-state index contributed by atoms with van der Waals surface area (Å²) in [4.78, 5) is 64.2. The average Bonchev–Trinajstić information content (AvgIpc) is 1.50. The highest BCUT2D eigenvalue weighted by atomic mass is 79.9. The van der Waals surface area contributed by atoms with E-state index in [1.54, 1.807) is 82.0 Å². The molecule has 0 bridgehead atoms. The van der Waals surface area contributed by atoms with Gasteiger partial charge in [-0.25, -0.2) is 46.9 Å². The third kappa shape index (κ3) is 25.6. The van der Waals surface area contributed by atoms with Gasteiger partial charge in [0, 0.05) is 77.2 Å². The van der Waals surface area contributed by atoms with Gasteiger partial charge in [-0.15, -0.1) is 0 Å². The molecule has 1 amide bonds. The van der Waals surface area contributed by atoms with Crippen LogP contribution in [0.5, 0.6) is 0 Å². The highest BCUT2D eigenvalue weighted by Gasteiger charge is 2.28. The average molecular weight is 1830 g/mol. The number of benzene rings is 3. The van der Waals surface area contributed by atoms with Gasteiger partial charge in [0.25, 0.3) is 5.56 Å². The van der Waals surface area contributed by atoms with Crippen molar-refractivity contribution in [3.63, 3.8) is 0 Å². The lowest BCUT2D eigenvalue weighted by molar-refractivity contribution is -0.145. The summed E-state index contributed by atoms with van der Waals surface area (Å²) in [6.07, 6.45) is -0.624. The maximum absolute atomic E-state index is 13.3. The Morgan fingerprint density at radius 1 is 0.593 bits per heavy atom. The van der Waals surface area contributed by atoms with Gasteiger partial charge in [0.15, 0.2) is 28.4 Å². The van der Waals surface area contributed by atoms with Crippen molar-refractivity contribution >= 4 is 155 Å². The highest BCUT2D eigenvalue weighted by molar-refractivity contribution is 9.11. The molecule has 0 unspecified atom stereocenters. The first-order valence-corrected chi connectivity index (χ1v) is 37.2. The summed E-state index contributed by atoms with van der Waals surface area (Å²) < 4.78 is 59.2. The van der Waals surface area contributed by atoms with E-state index < -0.39 is 17.7 Å². The molecule has 0 aliphatic heterocycles. The predicted molar refractivity (Wildman–Crippen MR) is 430 cm³/mol. The number of aryl methyl sites for hydroxylation is 10. The number of esters is 1. The predicted octanol–water partition coefficient (Wildman–Crippen LogP) is 16.4. The molecule has 0 aliphatic rings. The summed E-state index contributed by atoms with van der Waals surface area (Å²) in [6.45, 7) is 29.0. The number of anilines is 4. The molecule has 108 heavy (non-hydrogen) atoms. The van der Waals surface area contributed by atoms with Crippen LogP contribution >= 0.6 is 91.3 Å². The Labute approximate surface area is 667 Å². The van der Waals surface area contributed by atoms with Gasteiger partial charge in [-0.1, -0.05) is 48.0 Å². The van der Waals surface area contributed by atoms with Crippen LogP contribution in [0.25, 0.3) is 22.6 Å². The highest BCUT2D eigenvalue weighted by Crippen LogP contribution is 2.30. The van der Waals surface area contributed by atoms with E-state index in [9.17, 15) is 32.3 Å². The molecule has 0 atom stereocenters. The lowest BCUT2D eigenvalue weighted by Gasteiger charge is -2.27. The van der Waals surface area contributed by atoms with Crippen LogP contribution in [0, 0.1) is 86.7 Å². The molecule has 27 nitrogen and oxygen atoms in total. The molecule has 0 radical (unpaired) electrons. The number of H-pyrrole nitrogens is 3. The molecule has 10 aromatic heterocycles. The van der Waals surface area contributed by atoms with Gasteiger partial charge < -0.3 is 32.0 Å². The zero-order valence-corrected chi connectivity index (χ0v) is 70.4. The van der Waals surface area contributed by atoms with Gasteiger partial charge >= 0.3 is 12.1 Å². The summed E-state index contributed by atoms with van der Waals surface area (Å²) in [5.41, 5.74) is 29.3. The number of ketones is 1. The van der Waals surface area contributed by atoms with Crippen molar-refractivity contribution in [2.75, 3.05) is 28.3 Å². The second-order valence-corrected chi connectivity index (χ2v) is 29.2. The Morgan fingerprint density at radius 3 is 1.52 bits per heavy atom. The van der Waals surface area contributed by atoms with Crippen LogP contribution < -0.4 is 33.0 Å². The summed E-state index contributed by atoms with van der Waals surface area (Å²) >= 11 is 23.0. The molecule has 0 aliphatic carbocycles. The fourth-order valence-electron chi connectivity index (χ4n) is 9.18. The van der Waals surface area contributed by atoms with E-state index in [0.717, 1.165) is 113 Å². The molecule has 36 heteroatoms. The van der Waals surface area contributed by atoms with E-state index in [1.807, 2.05) is 89.2 Å². The molecule has 10 N–H and O–H groups in total. The molecule has 13 rings (SSSR count).